The van der Waals surface area contributed by atoms with Crippen LogP contribution in [-0.2, 0) is 22.5 Å². The highest BCUT2D eigenvalue weighted by molar-refractivity contribution is 7.15. The van der Waals surface area contributed by atoms with Crippen molar-refractivity contribution in [3.8, 4) is 0 Å². The number of nitrogens with zero attached hydrogens (tertiary/aromatic N) is 4. The molecule has 1 unspecified atom stereocenters. The summed E-state index contributed by atoms with van der Waals surface area (Å²) in [7, 11) is 0. The zero-order chi connectivity index (χ0) is 13.9. The fourth-order valence-electron chi connectivity index (χ4n) is 2.19. The first kappa shape index (κ1) is 13.0. The van der Waals surface area contributed by atoms with E-state index in [0.29, 0.717) is 19.0 Å². The molecule has 0 fully saturated rings. The Morgan fingerprint density at radius 3 is 3.25 bits per heavy atom. The number of rotatable bonds is 5. The Bertz CT molecular complexity index is 596. The highest BCUT2D eigenvalue weighted by Crippen LogP contribution is 2.38. The molecule has 106 valence electrons. The first-order valence-corrected chi connectivity index (χ1v) is 7.22. The summed E-state index contributed by atoms with van der Waals surface area (Å²) in [6.07, 6.45) is 1.67. The van der Waals surface area contributed by atoms with Crippen LogP contribution in [0.5, 0.6) is 0 Å². The van der Waals surface area contributed by atoms with E-state index in [0.717, 1.165) is 28.5 Å². The standard InChI is InChI=1S/C11H14N6O2S/c1-2-19-10(18)6-3-4-7-9(6)13-11(20-7)12-5-8-14-16-17-15-8/h6H,2-5H2,1H3,(H,12,13)(H,14,15,16,17). The van der Waals surface area contributed by atoms with Gasteiger partial charge in [0.15, 0.2) is 11.0 Å². The number of aromatic nitrogens is 5. The van der Waals surface area contributed by atoms with Crippen LogP contribution in [0.4, 0.5) is 5.13 Å². The minimum atomic E-state index is -0.220. The SMILES string of the molecule is CCOC(=O)C1CCc2sc(NCc3nn[nH]n3)nc21. The third-order valence-corrected chi connectivity index (χ3v) is 4.16. The van der Waals surface area contributed by atoms with E-state index in [4.69, 9.17) is 4.74 Å². The Balaban J connectivity index is 1.68. The average Bonchev–Trinajstić information content (AvgIpc) is 3.13. The molecule has 0 bridgehead atoms. The molecule has 2 heterocycles. The molecule has 9 heteroatoms. The fourth-order valence-corrected chi connectivity index (χ4v) is 3.22. The summed E-state index contributed by atoms with van der Waals surface area (Å²) in [5.41, 5.74) is 0.851. The van der Waals surface area contributed by atoms with Crippen LogP contribution in [0.25, 0.3) is 0 Å². The maximum absolute atomic E-state index is 11.9. The molecule has 2 aromatic heterocycles. The predicted molar refractivity (Wildman–Crippen MR) is 71.3 cm³/mol. The summed E-state index contributed by atoms with van der Waals surface area (Å²) >= 11 is 1.57. The van der Waals surface area contributed by atoms with E-state index in [1.165, 1.54) is 0 Å². The van der Waals surface area contributed by atoms with Gasteiger partial charge in [-0.2, -0.15) is 5.21 Å². The lowest BCUT2D eigenvalue weighted by molar-refractivity contribution is -0.145. The van der Waals surface area contributed by atoms with E-state index in [2.05, 4.69) is 30.9 Å². The molecule has 0 saturated carbocycles. The van der Waals surface area contributed by atoms with Gasteiger partial charge < -0.3 is 10.1 Å². The summed E-state index contributed by atoms with van der Waals surface area (Å²) in [5.74, 6) is 0.172. The maximum Gasteiger partial charge on any atom is 0.315 e. The Labute approximate surface area is 118 Å². The van der Waals surface area contributed by atoms with Gasteiger partial charge in [-0.3, -0.25) is 4.79 Å². The van der Waals surface area contributed by atoms with Gasteiger partial charge in [0, 0.05) is 4.88 Å². The lowest BCUT2D eigenvalue weighted by atomic mass is 10.1. The number of thiazole rings is 1. The van der Waals surface area contributed by atoms with Gasteiger partial charge in [0.2, 0.25) is 0 Å². The summed E-state index contributed by atoms with van der Waals surface area (Å²) in [4.78, 5) is 17.5. The monoisotopic (exact) mass is 294 g/mol. The fraction of sp³-hybridized carbons (Fsp3) is 0.545. The smallest absolute Gasteiger partial charge is 0.315 e. The highest BCUT2D eigenvalue weighted by Gasteiger charge is 2.33. The van der Waals surface area contributed by atoms with Crippen LogP contribution in [0.1, 0.15) is 35.7 Å². The number of nitrogens with one attached hydrogen (secondary N) is 2. The molecule has 0 aromatic carbocycles. The Kier molecular flexibility index (Phi) is 3.59. The first-order chi connectivity index (χ1) is 9.78. The van der Waals surface area contributed by atoms with Crippen LogP contribution in [0.3, 0.4) is 0 Å². The van der Waals surface area contributed by atoms with E-state index in [1.807, 2.05) is 6.92 Å². The zero-order valence-corrected chi connectivity index (χ0v) is 11.7. The molecule has 1 aliphatic carbocycles. The van der Waals surface area contributed by atoms with Crippen LogP contribution in [-0.4, -0.2) is 38.2 Å². The second kappa shape index (κ2) is 5.53. The summed E-state index contributed by atoms with van der Waals surface area (Å²) in [6, 6.07) is 0. The Morgan fingerprint density at radius 1 is 1.60 bits per heavy atom. The zero-order valence-electron chi connectivity index (χ0n) is 10.9. The largest absolute Gasteiger partial charge is 0.465 e. The summed E-state index contributed by atoms with van der Waals surface area (Å²) in [5, 5.41) is 17.5. The quantitative estimate of drug-likeness (QED) is 0.788. The van der Waals surface area contributed by atoms with Crippen molar-refractivity contribution in [2.75, 3.05) is 11.9 Å². The summed E-state index contributed by atoms with van der Waals surface area (Å²) in [6.45, 7) is 2.66. The van der Waals surface area contributed by atoms with Crippen LogP contribution in [0.2, 0.25) is 0 Å². The van der Waals surface area contributed by atoms with Crippen LogP contribution in [0.15, 0.2) is 0 Å². The minimum absolute atomic E-state index is 0.179. The number of esters is 1. The van der Waals surface area contributed by atoms with E-state index in [1.54, 1.807) is 11.3 Å². The molecule has 1 aliphatic rings. The third kappa shape index (κ3) is 2.48. The molecule has 20 heavy (non-hydrogen) atoms. The van der Waals surface area contributed by atoms with Crippen molar-refractivity contribution in [1.29, 1.82) is 0 Å². The normalized spacial score (nSPS) is 16.9. The number of H-pyrrole nitrogens is 1. The second-order valence-corrected chi connectivity index (χ2v) is 5.44. The lowest BCUT2D eigenvalue weighted by Crippen LogP contribution is -2.14. The van der Waals surface area contributed by atoms with Crippen molar-refractivity contribution in [2.24, 2.45) is 0 Å². The lowest BCUT2D eigenvalue weighted by Gasteiger charge is -2.07. The number of ether oxygens (including phenoxy) is 1. The van der Waals surface area contributed by atoms with E-state index in [9.17, 15) is 4.79 Å². The Hall–Kier alpha value is -2.03. The van der Waals surface area contributed by atoms with E-state index >= 15 is 0 Å². The molecule has 2 aromatic rings. The van der Waals surface area contributed by atoms with Crippen molar-refractivity contribution in [3.05, 3.63) is 16.4 Å². The van der Waals surface area contributed by atoms with Gasteiger partial charge in [-0.25, -0.2) is 4.98 Å². The number of hydrogen-bond acceptors (Lipinski definition) is 8. The molecule has 2 N–H and O–H groups in total. The van der Waals surface area contributed by atoms with Crippen LogP contribution < -0.4 is 5.32 Å². The molecule has 1 atom stereocenters. The van der Waals surface area contributed by atoms with E-state index < -0.39 is 0 Å². The second-order valence-electron chi connectivity index (χ2n) is 4.35. The number of anilines is 1. The predicted octanol–water partition coefficient (Wildman–Crippen LogP) is 0.861. The van der Waals surface area contributed by atoms with Gasteiger partial charge in [0.1, 0.15) is 5.92 Å². The van der Waals surface area contributed by atoms with Crippen molar-refractivity contribution in [2.45, 2.75) is 32.2 Å². The molecule has 3 rings (SSSR count). The highest BCUT2D eigenvalue weighted by atomic mass is 32.1. The Morgan fingerprint density at radius 2 is 2.50 bits per heavy atom. The molecular formula is C11H14N6O2S. The van der Waals surface area contributed by atoms with Crippen molar-refractivity contribution in [1.82, 2.24) is 25.6 Å². The first-order valence-electron chi connectivity index (χ1n) is 6.40. The van der Waals surface area contributed by atoms with Crippen molar-refractivity contribution in [3.63, 3.8) is 0 Å². The molecule has 0 amide bonds. The van der Waals surface area contributed by atoms with Gasteiger partial charge in [-0.1, -0.05) is 5.21 Å². The van der Waals surface area contributed by atoms with Crippen molar-refractivity contribution >= 4 is 22.4 Å². The molecular weight excluding hydrogens is 280 g/mol. The van der Waals surface area contributed by atoms with Crippen LogP contribution >= 0.6 is 11.3 Å². The number of tetrazole rings is 1. The number of fused-ring (bicyclic) bond motifs is 1. The van der Waals surface area contributed by atoms with E-state index in [-0.39, 0.29) is 11.9 Å². The topological polar surface area (TPSA) is 106 Å². The minimum Gasteiger partial charge on any atom is -0.465 e. The molecule has 0 radical (unpaired) electrons. The summed E-state index contributed by atoms with van der Waals surface area (Å²) < 4.78 is 5.08. The molecule has 0 spiro atoms. The van der Waals surface area contributed by atoms with Gasteiger partial charge in [0.25, 0.3) is 0 Å². The average molecular weight is 294 g/mol. The van der Waals surface area contributed by atoms with Gasteiger partial charge >= 0.3 is 5.97 Å². The van der Waals surface area contributed by atoms with Gasteiger partial charge in [-0.15, -0.1) is 21.5 Å². The third-order valence-electron chi connectivity index (χ3n) is 3.08. The number of aromatic amines is 1. The van der Waals surface area contributed by atoms with Gasteiger partial charge in [-0.05, 0) is 19.8 Å². The molecule has 8 nitrogen and oxygen atoms in total. The number of hydrogen-bond donors (Lipinski definition) is 2. The number of carbonyl (C=O) groups is 1. The maximum atomic E-state index is 11.9. The van der Waals surface area contributed by atoms with Gasteiger partial charge in [0.05, 0.1) is 18.8 Å². The molecule has 0 saturated heterocycles. The van der Waals surface area contributed by atoms with Crippen molar-refractivity contribution < 1.29 is 9.53 Å². The van der Waals surface area contributed by atoms with Crippen LogP contribution in [0, 0.1) is 0 Å². The number of carbonyl (C=O) groups excluding carboxylic acids is 1. The molecule has 0 aliphatic heterocycles. The number of aryl methyl sites for hydroxylation is 1.